The first-order chi connectivity index (χ1) is 10.2. The van der Waals surface area contributed by atoms with Crippen molar-refractivity contribution in [2.45, 2.75) is 25.8 Å². The summed E-state index contributed by atoms with van der Waals surface area (Å²) in [6.45, 7) is 7.60. The molecule has 0 saturated carbocycles. The fourth-order valence-corrected chi connectivity index (χ4v) is 2.76. The molecule has 1 amide bonds. The second-order valence-electron chi connectivity index (χ2n) is 5.64. The van der Waals surface area contributed by atoms with Crippen LogP contribution in [-0.4, -0.2) is 36.5 Å². The molecule has 1 heterocycles. The molecule has 0 aliphatic carbocycles. The molecule has 1 aliphatic heterocycles. The number of hydrogen-bond donors (Lipinski definition) is 1. The molecule has 2 N–H and O–H groups in total. The van der Waals surface area contributed by atoms with E-state index in [2.05, 4.69) is 13.5 Å². The lowest BCUT2D eigenvalue weighted by atomic mass is 9.92. The molecule has 0 spiro atoms. The molecule has 1 fully saturated rings. The number of nitrogens with two attached hydrogens (primary N) is 1. The smallest absolute Gasteiger partial charge is 0.254 e. The molecule has 1 aliphatic rings. The number of carbonyl (C=O) groups excluding carboxylic acids is 1. The zero-order valence-electron chi connectivity index (χ0n) is 12.6. The number of rotatable bonds is 5. The van der Waals surface area contributed by atoms with Gasteiger partial charge >= 0.3 is 0 Å². The molecule has 21 heavy (non-hydrogen) atoms. The van der Waals surface area contributed by atoms with Gasteiger partial charge in [-0.2, -0.15) is 0 Å². The molecule has 4 nitrogen and oxygen atoms in total. The molecular formula is C17H24N2O2. The van der Waals surface area contributed by atoms with E-state index in [0.717, 1.165) is 25.1 Å². The van der Waals surface area contributed by atoms with Crippen LogP contribution in [0.2, 0.25) is 0 Å². The summed E-state index contributed by atoms with van der Waals surface area (Å²) in [6, 6.07) is 7.42. The van der Waals surface area contributed by atoms with Crippen molar-refractivity contribution in [1.82, 2.24) is 4.90 Å². The molecule has 2 atom stereocenters. The molecule has 114 valence electrons. The Hall–Kier alpha value is -1.81. The highest BCUT2D eigenvalue weighted by molar-refractivity contribution is 5.94. The standard InChI is InChI=1S/C17H24N2O2/c1-3-10-21-16-6-4-14(5-7-16)17(20)19-9-8-13(2)11-15(19)12-18/h3-7,13,15H,1,8-12,18H2,2H3. The molecule has 4 heteroatoms. The van der Waals surface area contributed by atoms with E-state index in [0.29, 0.717) is 24.6 Å². The highest BCUT2D eigenvalue weighted by Crippen LogP contribution is 2.24. The number of nitrogens with zero attached hydrogens (tertiary/aromatic N) is 1. The quantitative estimate of drug-likeness (QED) is 0.847. The van der Waals surface area contributed by atoms with Crippen molar-refractivity contribution in [2.24, 2.45) is 11.7 Å². The van der Waals surface area contributed by atoms with Gasteiger partial charge in [0.1, 0.15) is 12.4 Å². The minimum absolute atomic E-state index is 0.0626. The molecular weight excluding hydrogens is 264 g/mol. The monoisotopic (exact) mass is 288 g/mol. The number of benzene rings is 1. The predicted molar refractivity (Wildman–Crippen MR) is 84.4 cm³/mol. The fraction of sp³-hybridized carbons (Fsp3) is 0.471. The largest absolute Gasteiger partial charge is 0.490 e. The molecule has 1 aromatic rings. The Morgan fingerprint density at radius 1 is 1.48 bits per heavy atom. The van der Waals surface area contributed by atoms with Gasteiger partial charge in [0.25, 0.3) is 5.91 Å². The van der Waals surface area contributed by atoms with Crippen LogP contribution < -0.4 is 10.5 Å². The van der Waals surface area contributed by atoms with E-state index in [9.17, 15) is 4.79 Å². The van der Waals surface area contributed by atoms with Crippen LogP contribution in [0.25, 0.3) is 0 Å². The summed E-state index contributed by atoms with van der Waals surface area (Å²) in [4.78, 5) is 14.5. The summed E-state index contributed by atoms with van der Waals surface area (Å²) in [5, 5.41) is 0. The van der Waals surface area contributed by atoms with Gasteiger partial charge in [-0.1, -0.05) is 19.6 Å². The summed E-state index contributed by atoms with van der Waals surface area (Å²) in [5.41, 5.74) is 6.52. The number of hydrogen-bond acceptors (Lipinski definition) is 3. The van der Waals surface area contributed by atoms with Crippen LogP contribution in [0.3, 0.4) is 0 Å². The van der Waals surface area contributed by atoms with Crippen LogP contribution in [0.5, 0.6) is 5.75 Å². The van der Waals surface area contributed by atoms with Gasteiger partial charge in [0.05, 0.1) is 0 Å². The van der Waals surface area contributed by atoms with Crippen molar-refractivity contribution in [2.75, 3.05) is 19.7 Å². The average Bonchev–Trinajstić information content (AvgIpc) is 2.52. The molecule has 0 bridgehead atoms. The third kappa shape index (κ3) is 3.85. The molecule has 2 unspecified atom stereocenters. The van der Waals surface area contributed by atoms with Crippen molar-refractivity contribution >= 4 is 5.91 Å². The van der Waals surface area contributed by atoms with E-state index in [4.69, 9.17) is 10.5 Å². The first kappa shape index (κ1) is 15.6. The average molecular weight is 288 g/mol. The Morgan fingerprint density at radius 3 is 2.81 bits per heavy atom. The van der Waals surface area contributed by atoms with E-state index in [-0.39, 0.29) is 11.9 Å². The summed E-state index contributed by atoms with van der Waals surface area (Å²) < 4.78 is 5.43. The number of ether oxygens (including phenoxy) is 1. The van der Waals surface area contributed by atoms with Crippen molar-refractivity contribution in [3.8, 4) is 5.75 Å². The van der Waals surface area contributed by atoms with E-state index in [1.54, 1.807) is 6.08 Å². The highest BCUT2D eigenvalue weighted by atomic mass is 16.5. The summed E-state index contributed by atoms with van der Waals surface area (Å²) >= 11 is 0. The van der Waals surface area contributed by atoms with Crippen molar-refractivity contribution < 1.29 is 9.53 Å². The van der Waals surface area contributed by atoms with Crippen LogP contribution in [0, 0.1) is 5.92 Å². The Bertz CT molecular complexity index is 484. The maximum absolute atomic E-state index is 12.6. The van der Waals surface area contributed by atoms with Crippen LogP contribution in [0.1, 0.15) is 30.1 Å². The molecule has 2 rings (SSSR count). The van der Waals surface area contributed by atoms with E-state index in [1.165, 1.54) is 0 Å². The lowest BCUT2D eigenvalue weighted by molar-refractivity contribution is 0.0573. The second-order valence-corrected chi connectivity index (χ2v) is 5.64. The first-order valence-electron chi connectivity index (χ1n) is 7.50. The SMILES string of the molecule is C=CCOc1ccc(C(=O)N2CCC(C)CC2CN)cc1. The van der Waals surface area contributed by atoms with Crippen LogP contribution in [-0.2, 0) is 0 Å². The minimum atomic E-state index is 0.0626. The van der Waals surface area contributed by atoms with Crippen LogP contribution in [0.15, 0.2) is 36.9 Å². The van der Waals surface area contributed by atoms with Crippen LogP contribution >= 0.6 is 0 Å². The zero-order valence-corrected chi connectivity index (χ0v) is 12.6. The van der Waals surface area contributed by atoms with Gasteiger partial charge < -0.3 is 15.4 Å². The lowest BCUT2D eigenvalue weighted by Gasteiger charge is -2.38. The number of likely N-dealkylation sites (tertiary alicyclic amines) is 1. The summed E-state index contributed by atoms with van der Waals surface area (Å²) in [7, 11) is 0. The molecule has 1 aromatic carbocycles. The maximum atomic E-state index is 12.6. The van der Waals surface area contributed by atoms with Gasteiger partial charge in [0.2, 0.25) is 0 Å². The van der Waals surface area contributed by atoms with Crippen molar-refractivity contribution in [1.29, 1.82) is 0 Å². The van der Waals surface area contributed by atoms with Gasteiger partial charge in [0, 0.05) is 24.7 Å². The van der Waals surface area contributed by atoms with Crippen molar-refractivity contribution in [3.63, 3.8) is 0 Å². The number of amides is 1. The molecule has 1 saturated heterocycles. The molecule has 0 radical (unpaired) electrons. The fourth-order valence-electron chi connectivity index (χ4n) is 2.76. The minimum Gasteiger partial charge on any atom is -0.490 e. The van der Waals surface area contributed by atoms with Gasteiger partial charge in [-0.05, 0) is 43.0 Å². The Morgan fingerprint density at radius 2 is 2.19 bits per heavy atom. The lowest BCUT2D eigenvalue weighted by Crippen LogP contribution is -2.49. The van der Waals surface area contributed by atoms with Gasteiger partial charge in [-0.15, -0.1) is 0 Å². The predicted octanol–water partition coefficient (Wildman–Crippen LogP) is 2.45. The van der Waals surface area contributed by atoms with E-state index >= 15 is 0 Å². The van der Waals surface area contributed by atoms with Crippen molar-refractivity contribution in [3.05, 3.63) is 42.5 Å². The number of piperidine rings is 1. The van der Waals surface area contributed by atoms with Gasteiger partial charge in [-0.25, -0.2) is 0 Å². The summed E-state index contributed by atoms with van der Waals surface area (Å²) in [6.07, 6.45) is 3.73. The Kier molecular flexibility index (Phi) is 5.39. The first-order valence-corrected chi connectivity index (χ1v) is 7.50. The number of carbonyl (C=O) groups is 1. The third-order valence-electron chi connectivity index (χ3n) is 3.98. The van der Waals surface area contributed by atoms with Gasteiger partial charge in [0.15, 0.2) is 0 Å². The Balaban J connectivity index is 2.06. The summed E-state index contributed by atoms with van der Waals surface area (Å²) in [5.74, 6) is 1.44. The van der Waals surface area contributed by atoms with Crippen LogP contribution in [0.4, 0.5) is 0 Å². The van der Waals surface area contributed by atoms with E-state index in [1.807, 2.05) is 29.2 Å². The van der Waals surface area contributed by atoms with Gasteiger partial charge in [-0.3, -0.25) is 4.79 Å². The second kappa shape index (κ2) is 7.27. The highest BCUT2D eigenvalue weighted by Gasteiger charge is 2.29. The Labute approximate surface area is 126 Å². The third-order valence-corrected chi connectivity index (χ3v) is 3.98. The topological polar surface area (TPSA) is 55.6 Å². The maximum Gasteiger partial charge on any atom is 0.254 e. The van der Waals surface area contributed by atoms with E-state index < -0.39 is 0 Å². The molecule has 0 aromatic heterocycles. The zero-order chi connectivity index (χ0) is 15.2. The normalized spacial score (nSPS) is 21.9.